The third-order valence-corrected chi connectivity index (χ3v) is 2.44. The van der Waals surface area contributed by atoms with E-state index >= 15 is 0 Å². The van der Waals surface area contributed by atoms with Crippen LogP contribution in [0.25, 0.3) is 0 Å². The fraction of sp³-hybridized carbons (Fsp3) is 0.700. The third-order valence-electron chi connectivity index (χ3n) is 1.84. The van der Waals surface area contributed by atoms with Gasteiger partial charge in [0, 0.05) is 23.2 Å². The van der Waals surface area contributed by atoms with Crippen molar-refractivity contribution in [3.63, 3.8) is 0 Å². The summed E-state index contributed by atoms with van der Waals surface area (Å²) in [5.74, 6) is -0.245. The van der Waals surface area contributed by atoms with Crippen molar-refractivity contribution in [2.45, 2.75) is 26.8 Å². The molecule has 0 aliphatic rings. The highest BCUT2D eigenvalue weighted by atomic mass is 35.5. The maximum Gasteiger partial charge on any atom is 0.320 e. The molecule has 88 valence electrons. The number of rotatable bonds is 6. The molecular formula is C10H17Cl2NO2. The van der Waals surface area contributed by atoms with Crippen LogP contribution in [0.5, 0.6) is 0 Å². The molecule has 0 unspecified atom stereocenters. The minimum atomic E-state index is -0.245. The normalized spacial score (nSPS) is 12.3. The van der Waals surface area contributed by atoms with Crippen LogP contribution < -0.4 is 0 Å². The minimum Gasteiger partial charge on any atom is -0.465 e. The molecule has 0 radical (unpaired) electrons. The SMILES string of the molecule is CCOC(=O)CN(CC(Cl)=CCl)C(C)C. The van der Waals surface area contributed by atoms with Gasteiger partial charge in [-0.3, -0.25) is 9.69 Å². The van der Waals surface area contributed by atoms with Gasteiger partial charge in [-0.15, -0.1) is 0 Å². The summed E-state index contributed by atoms with van der Waals surface area (Å²) in [5.41, 5.74) is 1.31. The molecule has 3 nitrogen and oxygen atoms in total. The van der Waals surface area contributed by atoms with Crippen molar-refractivity contribution in [2.24, 2.45) is 0 Å². The second-order valence-corrected chi connectivity index (χ2v) is 4.06. The lowest BCUT2D eigenvalue weighted by Crippen LogP contribution is -2.37. The van der Waals surface area contributed by atoms with Crippen molar-refractivity contribution >= 4 is 29.2 Å². The highest BCUT2D eigenvalue weighted by Crippen LogP contribution is 2.09. The molecule has 0 saturated carbocycles. The molecule has 0 aliphatic heterocycles. The first-order valence-corrected chi connectivity index (χ1v) is 5.67. The standard InChI is InChI=1S/C10H17Cl2NO2/c1-4-15-10(14)7-13(8(2)3)6-9(12)5-11/h5,8H,4,6-7H2,1-3H3. The minimum absolute atomic E-state index is 0.208. The maximum atomic E-state index is 11.3. The van der Waals surface area contributed by atoms with Gasteiger partial charge in [0.2, 0.25) is 0 Å². The van der Waals surface area contributed by atoms with Crippen molar-refractivity contribution in [3.8, 4) is 0 Å². The number of esters is 1. The molecule has 0 rings (SSSR count). The van der Waals surface area contributed by atoms with Crippen LogP contribution in [0.3, 0.4) is 0 Å². The summed E-state index contributed by atoms with van der Waals surface area (Å²) in [6.45, 7) is 6.83. The third kappa shape index (κ3) is 6.77. The largest absolute Gasteiger partial charge is 0.465 e. The van der Waals surface area contributed by atoms with Crippen LogP contribution in [0, 0.1) is 0 Å². The van der Waals surface area contributed by atoms with Crippen molar-refractivity contribution in [1.82, 2.24) is 4.90 Å². The average molecular weight is 254 g/mol. The molecule has 0 bridgehead atoms. The Balaban J connectivity index is 4.22. The number of ether oxygens (including phenoxy) is 1. The molecule has 0 heterocycles. The zero-order valence-electron chi connectivity index (χ0n) is 9.30. The Hall–Kier alpha value is -0.250. The number of carbonyl (C=O) groups excluding carboxylic acids is 1. The second-order valence-electron chi connectivity index (χ2n) is 3.36. The molecule has 0 aromatic rings. The van der Waals surface area contributed by atoms with E-state index in [4.69, 9.17) is 27.9 Å². The van der Waals surface area contributed by atoms with Crippen molar-refractivity contribution in [3.05, 3.63) is 10.6 Å². The van der Waals surface area contributed by atoms with Crippen LogP contribution >= 0.6 is 23.2 Å². The Morgan fingerprint density at radius 1 is 1.47 bits per heavy atom. The lowest BCUT2D eigenvalue weighted by molar-refractivity contribution is -0.144. The van der Waals surface area contributed by atoms with Crippen LogP contribution in [0.4, 0.5) is 0 Å². The van der Waals surface area contributed by atoms with Gasteiger partial charge in [-0.05, 0) is 20.8 Å². The fourth-order valence-electron chi connectivity index (χ4n) is 1.02. The number of halogens is 2. The molecule has 5 heteroatoms. The molecule has 0 N–H and O–H groups in total. The van der Waals surface area contributed by atoms with E-state index < -0.39 is 0 Å². The number of carbonyl (C=O) groups is 1. The second kappa shape index (κ2) is 7.97. The molecule has 0 aliphatic carbocycles. The highest BCUT2D eigenvalue weighted by Gasteiger charge is 2.15. The molecule has 0 spiro atoms. The molecular weight excluding hydrogens is 237 g/mol. The van der Waals surface area contributed by atoms with Gasteiger partial charge in [-0.2, -0.15) is 0 Å². The predicted molar refractivity (Wildman–Crippen MR) is 63.1 cm³/mol. The van der Waals surface area contributed by atoms with Gasteiger partial charge in [0.05, 0.1) is 13.2 Å². The monoisotopic (exact) mass is 253 g/mol. The van der Waals surface area contributed by atoms with Crippen LogP contribution in [-0.4, -0.2) is 36.6 Å². The first-order chi connectivity index (χ1) is 7.01. The Bertz CT molecular complexity index is 229. The molecule has 0 fully saturated rings. The maximum absolute atomic E-state index is 11.3. The summed E-state index contributed by atoms with van der Waals surface area (Å²) >= 11 is 11.3. The fourth-order valence-corrected chi connectivity index (χ4v) is 1.24. The molecule has 0 atom stereocenters. The molecule has 0 amide bonds. The molecule has 0 aromatic carbocycles. The summed E-state index contributed by atoms with van der Waals surface area (Å²) < 4.78 is 4.86. The highest BCUT2D eigenvalue weighted by molar-refractivity contribution is 6.36. The smallest absolute Gasteiger partial charge is 0.320 e. The number of hydrogen-bond donors (Lipinski definition) is 0. The van der Waals surface area contributed by atoms with E-state index in [9.17, 15) is 4.79 Å². The Kier molecular flexibility index (Phi) is 7.83. The van der Waals surface area contributed by atoms with Gasteiger partial charge < -0.3 is 4.74 Å². The lowest BCUT2D eigenvalue weighted by Gasteiger charge is -2.24. The van der Waals surface area contributed by atoms with Gasteiger partial charge in [0.1, 0.15) is 0 Å². The van der Waals surface area contributed by atoms with E-state index in [0.717, 1.165) is 0 Å². The van der Waals surface area contributed by atoms with Gasteiger partial charge >= 0.3 is 5.97 Å². The zero-order valence-corrected chi connectivity index (χ0v) is 10.8. The lowest BCUT2D eigenvalue weighted by atomic mass is 10.3. The Labute approximate surface area is 101 Å². The van der Waals surface area contributed by atoms with Crippen LogP contribution in [-0.2, 0) is 9.53 Å². The Morgan fingerprint density at radius 2 is 2.07 bits per heavy atom. The van der Waals surface area contributed by atoms with E-state index in [1.807, 2.05) is 18.7 Å². The quantitative estimate of drug-likeness (QED) is 0.682. The van der Waals surface area contributed by atoms with E-state index in [1.54, 1.807) is 6.92 Å². The van der Waals surface area contributed by atoms with Crippen LogP contribution in [0.15, 0.2) is 10.6 Å². The summed E-state index contributed by atoms with van der Waals surface area (Å²) in [5, 5.41) is 0.509. The number of hydrogen-bond acceptors (Lipinski definition) is 3. The summed E-state index contributed by atoms with van der Waals surface area (Å²) in [4.78, 5) is 13.2. The summed E-state index contributed by atoms with van der Waals surface area (Å²) in [7, 11) is 0. The first-order valence-electron chi connectivity index (χ1n) is 4.85. The van der Waals surface area contributed by atoms with Gasteiger partial charge in [-0.1, -0.05) is 23.2 Å². The van der Waals surface area contributed by atoms with E-state index in [2.05, 4.69) is 0 Å². The zero-order chi connectivity index (χ0) is 11.8. The van der Waals surface area contributed by atoms with Gasteiger partial charge in [0.25, 0.3) is 0 Å². The van der Waals surface area contributed by atoms with Crippen molar-refractivity contribution in [2.75, 3.05) is 19.7 Å². The number of nitrogens with zero attached hydrogens (tertiary/aromatic N) is 1. The van der Waals surface area contributed by atoms with E-state index in [-0.39, 0.29) is 18.6 Å². The first kappa shape index (κ1) is 14.8. The molecule has 15 heavy (non-hydrogen) atoms. The summed E-state index contributed by atoms with van der Waals surface area (Å²) in [6.07, 6.45) is 0. The topological polar surface area (TPSA) is 29.5 Å². The van der Waals surface area contributed by atoms with Gasteiger partial charge in [-0.25, -0.2) is 0 Å². The molecule has 0 aromatic heterocycles. The van der Waals surface area contributed by atoms with Crippen LogP contribution in [0.2, 0.25) is 0 Å². The predicted octanol–water partition coefficient (Wildman–Crippen LogP) is 2.58. The molecule has 0 saturated heterocycles. The van der Waals surface area contributed by atoms with E-state index in [0.29, 0.717) is 18.2 Å². The summed E-state index contributed by atoms with van der Waals surface area (Å²) in [6, 6.07) is 0.208. The van der Waals surface area contributed by atoms with Crippen LogP contribution in [0.1, 0.15) is 20.8 Å². The van der Waals surface area contributed by atoms with Crippen molar-refractivity contribution < 1.29 is 9.53 Å². The van der Waals surface area contributed by atoms with Gasteiger partial charge in [0.15, 0.2) is 0 Å². The van der Waals surface area contributed by atoms with Crippen molar-refractivity contribution in [1.29, 1.82) is 0 Å². The average Bonchev–Trinajstić information content (AvgIpc) is 2.16. The Morgan fingerprint density at radius 3 is 2.47 bits per heavy atom. The van der Waals surface area contributed by atoms with E-state index in [1.165, 1.54) is 5.54 Å².